The van der Waals surface area contributed by atoms with Gasteiger partial charge < -0.3 is 9.15 Å². The van der Waals surface area contributed by atoms with E-state index in [1.807, 2.05) is 42.5 Å². The minimum atomic E-state index is -0.416. The van der Waals surface area contributed by atoms with E-state index in [0.29, 0.717) is 12.2 Å². The van der Waals surface area contributed by atoms with Crippen LogP contribution in [0.1, 0.15) is 27.2 Å². The van der Waals surface area contributed by atoms with Gasteiger partial charge in [-0.3, -0.25) is 4.79 Å². The maximum absolute atomic E-state index is 12.3. The van der Waals surface area contributed by atoms with Crippen LogP contribution in [0.5, 0.6) is 5.75 Å². The molecular weight excluding hydrogens is 524 g/mol. The van der Waals surface area contributed by atoms with Crippen LogP contribution in [-0.2, 0) is 6.61 Å². The third-order valence-corrected chi connectivity index (χ3v) is 5.63. The van der Waals surface area contributed by atoms with Crippen LogP contribution < -0.4 is 10.2 Å². The molecule has 3 aromatic carbocycles. The Balaban J connectivity index is 1.37. The number of carbonyl (C=O) groups is 1. The highest BCUT2D eigenvalue weighted by Crippen LogP contribution is 2.27. The molecule has 5 nitrogen and oxygen atoms in total. The molecule has 1 N–H and O–H groups in total. The van der Waals surface area contributed by atoms with Crippen LogP contribution in [0, 0.1) is 6.92 Å². The predicted molar refractivity (Wildman–Crippen MR) is 129 cm³/mol. The van der Waals surface area contributed by atoms with Gasteiger partial charge in [0.1, 0.15) is 17.9 Å². The highest BCUT2D eigenvalue weighted by Gasteiger charge is 2.11. The van der Waals surface area contributed by atoms with Crippen molar-refractivity contribution >= 4 is 55.0 Å². The van der Waals surface area contributed by atoms with E-state index < -0.39 is 5.91 Å². The number of fused-ring (bicyclic) bond motifs is 1. The van der Waals surface area contributed by atoms with E-state index in [4.69, 9.17) is 9.15 Å². The maximum atomic E-state index is 12.3. The SMILES string of the molecule is Cc1cccc(COc2ccc(/C=N/NC(=O)c3cc4cc(Br)ccc4o3)cc2Br)c1. The Morgan fingerprint density at radius 2 is 1.97 bits per heavy atom. The number of aryl methyl sites for hydroxylation is 1. The molecule has 1 aromatic heterocycles. The summed E-state index contributed by atoms with van der Waals surface area (Å²) < 4.78 is 13.2. The minimum Gasteiger partial charge on any atom is -0.488 e. The van der Waals surface area contributed by atoms with Crippen molar-refractivity contribution in [3.8, 4) is 5.75 Å². The van der Waals surface area contributed by atoms with Crippen LogP contribution in [0.25, 0.3) is 11.0 Å². The Hall–Kier alpha value is -2.90. The fourth-order valence-corrected chi connectivity index (χ4v) is 3.91. The molecule has 156 valence electrons. The molecule has 4 aromatic rings. The van der Waals surface area contributed by atoms with E-state index in [9.17, 15) is 4.79 Å². The summed E-state index contributed by atoms with van der Waals surface area (Å²) in [4.78, 5) is 12.3. The number of nitrogens with one attached hydrogen (secondary N) is 1. The Morgan fingerprint density at radius 1 is 1.10 bits per heavy atom. The number of carbonyl (C=O) groups excluding carboxylic acids is 1. The number of furan rings is 1. The van der Waals surface area contributed by atoms with Crippen LogP contribution in [0.2, 0.25) is 0 Å². The molecule has 0 fully saturated rings. The Morgan fingerprint density at radius 3 is 2.77 bits per heavy atom. The quantitative estimate of drug-likeness (QED) is 0.221. The van der Waals surface area contributed by atoms with Crippen molar-refractivity contribution in [1.82, 2.24) is 5.43 Å². The van der Waals surface area contributed by atoms with Gasteiger partial charge in [-0.25, -0.2) is 5.43 Å². The molecule has 0 aliphatic carbocycles. The summed E-state index contributed by atoms with van der Waals surface area (Å²) in [5.74, 6) is 0.517. The number of amides is 1. The van der Waals surface area contributed by atoms with E-state index in [0.717, 1.165) is 31.2 Å². The van der Waals surface area contributed by atoms with Crippen molar-refractivity contribution in [2.45, 2.75) is 13.5 Å². The second-order valence-electron chi connectivity index (χ2n) is 6.96. The number of rotatable bonds is 6. The molecule has 0 aliphatic rings. The lowest BCUT2D eigenvalue weighted by molar-refractivity contribution is 0.0929. The molecule has 0 saturated heterocycles. The first-order valence-corrected chi connectivity index (χ1v) is 11.1. The summed E-state index contributed by atoms with van der Waals surface area (Å²) in [6.07, 6.45) is 1.56. The van der Waals surface area contributed by atoms with Gasteiger partial charge in [-0.15, -0.1) is 0 Å². The summed E-state index contributed by atoms with van der Waals surface area (Å²) in [6.45, 7) is 2.54. The van der Waals surface area contributed by atoms with Crippen LogP contribution in [0.4, 0.5) is 0 Å². The molecule has 0 saturated carbocycles. The monoisotopic (exact) mass is 540 g/mol. The van der Waals surface area contributed by atoms with Gasteiger partial charge in [0.15, 0.2) is 5.76 Å². The van der Waals surface area contributed by atoms with Crippen LogP contribution >= 0.6 is 31.9 Å². The maximum Gasteiger partial charge on any atom is 0.307 e. The number of hydrogen-bond donors (Lipinski definition) is 1. The largest absolute Gasteiger partial charge is 0.488 e. The third kappa shape index (κ3) is 5.42. The highest BCUT2D eigenvalue weighted by atomic mass is 79.9. The standard InChI is InChI=1S/C24H18Br2N2O3/c1-15-3-2-4-17(9-15)14-30-22-7-5-16(10-20(22)26)13-27-28-24(29)23-12-18-11-19(25)6-8-21(18)31-23/h2-13H,14H2,1H3,(H,28,29)/b27-13+. The van der Waals surface area contributed by atoms with E-state index in [2.05, 4.69) is 61.4 Å². The van der Waals surface area contributed by atoms with Crippen LogP contribution in [0.15, 0.2) is 85.2 Å². The first-order valence-electron chi connectivity index (χ1n) is 9.48. The zero-order valence-electron chi connectivity index (χ0n) is 16.6. The fourth-order valence-electron chi connectivity index (χ4n) is 3.02. The zero-order chi connectivity index (χ0) is 21.8. The molecule has 0 spiro atoms. The normalized spacial score (nSPS) is 11.2. The lowest BCUT2D eigenvalue weighted by Gasteiger charge is -2.09. The second kappa shape index (κ2) is 9.49. The predicted octanol–water partition coefficient (Wildman–Crippen LogP) is 6.61. The first kappa shape index (κ1) is 21.3. The van der Waals surface area contributed by atoms with Crippen molar-refractivity contribution in [1.29, 1.82) is 0 Å². The number of hydrogen-bond acceptors (Lipinski definition) is 4. The first-order chi connectivity index (χ1) is 15.0. The molecule has 1 heterocycles. The summed E-state index contributed by atoms with van der Waals surface area (Å²) in [5, 5.41) is 4.87. The lowest BCUT2D eigenvalue weighted by Crippen LogP contribution is -2.16. The molecule has 0 unspecified atom stereocenters. The fraction of sp³-hybridized carbons (Fsp3) is 0.0833. The summed E-state index contributed by atoms with van der Waals surface area (Å²) in [7, 11) is 0. The van der Waals surface area contributed by atoms with Crippen molar-refractivity contribution < 1.29 is 13.9 Å². The van der Waals surface area contributed by atoms with Crippen molar-refractivity contribution in [2.75, 3.05) is 0 Å². The van der Waals surface area contributed by atoms with Crippen molar-refractivity contribution in [3.63, 3.8) is 0 Å². The van der Waals surface area contributed by atoms with E-state index in [-0.39, 0.29) is 5.76 Å². The van der Waals surface area contributed by atoms with Gasteiger partial charge in [-0.2, -0.15) is 5.10 Å². The number of hydrazone groups is 1. The van der Waals surface area contributed by atoms with Crippen molar-refractivity contribution in [2.24, 2.45) is 5.10 Å². The van der Waals surface area contributed by atoms with E-state index in [1.165, 1.54) is 5.56 Å². The average molecular weight is 542 g/mol. The number of benzene rings is 3. The van der Waals surface area contributed by atoms with Gasteiger partial charge in [0.2, 0.25) is 0 Å². The van der Waals surface area contributed by atoms with Gasteiger partial charge in [0, 0.05) is 9.86 Å². The Labute approximate surface area is 196 Å². The van der Waals surface area contributed by atoms with E-state index in [1.54, 1.807) is 18.3 Å². The zero-order valence-corrected chi connectivity index (χ0v) is 19.7. The smallest absolute Gasteiger partial charge is 0.307 e. The Bertz CT molecular complexity index is 1280. The second-order valence-corrected chi connectivity index (χ2v) is 8.73. The number of ether oxygens (including phenoxy) is 1. The number of halogens is 2. The lowest BCUT2D eigenvalue weighted by atomic mass is 10.1. The molecule has 0 aliphatic heterocycles. The van der Waals surface area contributed by atoms with Crippen LogP contribution in [-0.4, -0.2) is 12.1 Å². The molecule has 0 radical (unpaired) electrons. The van der Waals surface area contributed by atoms with Crippen molar-refractivity contribution in [3.05, 3.63) is 98.1 Å². The third-order valence-electron chi connectivity index (χ3n) is 4.51. The molecule has 0 atom stereocenters. The summed E-state index contributed by atoms with van der Waals surface area (Å²) >= 11 is 6.93. The molecule has 4 rings (SSSR count). The van der Waals surface area contributed by atoms with Gasteiger partial charge in [0.25, 0.3) is 0 Å². The topological polar surface area (TPSA) is 63.8 Å². The van der Waals surface area contributed by atoms with Gasteiger partial charge in [-0.1, -0.05) is 45.8 Å². The summed E-state index contributed by atoms with van der Waals surface area (Å²) in [6, 6.07) is 21.0. The minimum absolute atomic E-state index is 0.200. The molecule has 7 heteroatoms. The molecule has 31 heavy (non-hydrogen) atoms. The molecule has 0 bridgehead atoms. The average Bonchev–Trinajstić information content (AvgIpc) is 3.16. The van der Waals surface area contributed by atoms with Crippen LogP contribution in [0.3, 0.4) is 0 Å². The molecular formula is C24H18Br2N2O3. The summed E-state index contributed by atoms with van der Waals surface area (Å²) in [5.41, 5.74) is 6.25. The highest BCUT2D eigenvalue weighted by molar-refractivity contribution is 9.10. The number of nitrogens with zero attached hydrogens (tertiary/aromatic N) is 1. The van der Waals surface area contributed by atoms with Gasteiger partial charge >= 0.3 is 5.91 Å². The van der Waals surface area contributed by atoms with Gasteiger partial charge in [-0.05, 0) is 76.4 Å². The van der Waals surface area contributed by atoms with E-state index >= 15 is 0 Å². The Kier molecular flexibility index (Phi) is 6.53. The van der Waals surface area contributed by atoms with Gasteiger partial charge in [0.05, 0.1) is 10.7 Å². The molecule has 1 amide bonds.